The second-order valence-corrected chi connectivity index (χ2v) is 4.60. The molecule has 0 radical (unpaired) electrons. The number of aromatic hydroxyl groups is 1. The van der Waals surface area contributed by atoms with Gasteiger partial charge in [0.05, 0.1) is 13.5 Å². The van der Waals surface area contributed by atoms with E-state index in [-0.39, 0.29) is 18.1 Å². The molecule has 4 heteroatoms. The predicted molar refractivity (Wildman–Crippen MR) is 78.2 cm³/mol. The van der Waals surface area contributed by atoms with E-state index in [2.05, 4.69) is 5.32 Å². The normalized spacial score (nSPS) is 10.1. The molecule has 2 aromatic rings. The molecule has 0 aliphatic carbocycles. The van der Waals surface area contributed by atoms with Gasteiger partial charge in [-0.05, 0) is 42.3 Å². The number of methoxy groups -OCH3 is 1. The number of anilines is 1. The molecular formula is C16H17NO3. The van der Waals surface area contributed by atoms with Crippen molar-refractivity contribution in [2.45, 2.75) is 13.3 Å². The summed E-state index contributed by atoms with van der Waals surface area (Å²) >= 11 is 0. The number of benzene rings is 2. The Labute approximate surface area is 118 Å². The Morgan fingerprint density at radius 2 is 2.05 bits per heavy atom. The van der Waals surface area contributed by atoms with Crippen LogP contribution < -0.4 is 10.1 Å². The fraction of sp³-hybridized carbons (Fsp3) is 0.188. The molecule has 2 rings (SSSR count). The van der Waals surface area contributed by atoms with E-state index in [1.807, 2.05) is 31.2 Å². The maximum absolute atomic E-state index is 12.0. The van der Waals surface area contributed by atoms with Gasteiger partial charge < -0.3 is 15.2 Å². The molecular weight excluding hydrogens is 254 g/mol. The van der Waals surface area contributed by atoms with Gasteiger partial charge in [-0.3, -0.25) is 4.79 Å². The van der Waals surface area contributed by atoms with Crippen LogP contribution in [0, 0.1) is 6.92 Å². The first-order valence-electron chi connectivity index (χ1n) is 6.31. The summed E-state index contributed by atoms with van der Waals surface area (Å²) in [5, 5.41) is 12.4. The number of ether oxygens (including phenoxy) is 1. The molecule has 0 saturated heterocycles. The van der Waals surface area contributed by atoms with Crippen LogP contribution in [-0.4, -0.2) is 18.1 Å². The van der Waals surface area contributed by atoms with Gasteiger partial charge >= 0.3 is 0 Å². The molecule has 0 atom stereocenters. The van der Waals surface area contributed by atoms with Crippen molar-refractivity contribution in [2.75, 3.05) is 12.4 Å². The van der Waals surface area contributed by atoms with Gasteiger partial charge in [-0.1, -0.05) is 18.2 Å². The SMILES string of the molecule is COc1cc(CC(=O)Nc2cccc(C)c2)ccc1O. The molecule has 4 nitrogen and oxygen atoms in total. The largest absolute Gasteiger partial charge is 0.504 e. The number of amides is 1. The van der Waals surface area contributed by atoms with Crippen molar-refractivity contribution >= 4 is 11.6 Å². The molecule has 1 amide bonds. The van der Waals surface area contributed by atoms with E-state index in [1.54, 1.807) is 12.1 Å². The molecule has 0 spiro atoms. The molecule has 0 fully saturated rings. The van der Waals surface area contributed by atoms with Crippen molar-refractivity contribution < 1.29 is 14.6 Å². The lowest BCUT2D eigenvalue weighted by molar-refractivity contribution is -0.115. The summed E-state index contributed by atoms with van der Waals surface area (Å²) in [6, 6.07) is 12.5. The van der Waals surface area contributed by atoms with Crippen LogP contribution in [0.3, 0.4) is 0 Å². The van der Waals surface area contributed by atoms with Gasteiger partial charge in [0, 0.05) is 5.69 Å². The van der Waals surface area contributed by atoms with Crippen LogP contribution in [-0.2, 0) is 11.2 Å². The minimum absolute atomic E-state index is 0.0651. The van der Waals surface area contributed by atoms with Crippen LogP contribution >= 0.6 is 0 Å². The van der Waals surface area contributed by atoms with Crippen LogP contribution in [0.25, 0.3) is 0 Å². The van der Waals surface area contributed by atoms with E-state index in [0.29, 0.717) is 5.75 Å². The number of rotatable bonds is 4. The minimum atomic E-state index is -0.108. The average molecular weight is 271 g/mol. The summed E-state index contributed by atoms with van der Waals surface area (Å²) in [6.45, 7) is 1.97. The third-order valence-corrected chi connectivity index (χ3v) is 2.91. The molecule has 20 heavy (non-hydrogen) atoms. The van der Waals surface area contributed by atoms with Crippen LogP contribution in [0.2, 0.25) is 0 Å². The van der Waals surface area contributed by atoms with Crippen molar-refractivity contribution in [2.24, 2.45) is 0 Å². The lowest BCUT2D eigenvalue weighted by atomic mass is 10.1. The molecule has 0 aliphatic rings. The second kappa shape index (κ2) is 6.10. The molecule has 0 unspecified atom stereocenters. The van der Waals surface area contributed by atoms with Gasteiger partial charge in [0.25, 0.3) is 0 Å². The quantitative estimate of drug-likeness (QED) is 0.899. The van der Waals surface area contributed by atoms with E-state index < -0.39 is 0 Å². The van der Waals surface area contributed by atoms with E-state index in [4.69, 9.17) is 4.74 Å². The topological polar surface area (TPSA) is 58.6 Å². The monoisotopic (exact) mass is 271 g/mol. The zero-order valence-corrected chi connectivity index (χ0v) is 11.5. The van der Waals surface area contributed by atoms with E-state index in [9.17, 15) is 9.90 Å². The third-order valence-electron chi connectivity index (χ3n) is 2.91. The summed E-state index contributed by atoms with van der Waals surface area (Å²) < 4.78 is 5.02. The Balaban J connectivity index is 2.04. The fourth-order valence-corrected chi connectivity index (χ4v) is 1.95. The second-order valence-electron chi connectivity index (χ2n) is 4.60. The summed E-state index contributed by atoms with van der Waals surface area (Å²) in [5.41, 5.74) is 2.65. The van der Waals surface area contributed by atoms with Crippen LogP contribution in [0.5, 0.6) is 11.5 Å². The van der Waals surface area contributed by atoms with Crippen molar-refractivity contribution in [3.05, 3.63) is 53.6 Å². The first-order valence-corrected chi connectivity index (χ1v) is 6.31. The summed E-state index contributed by atoms with van der Waals surface area (Å²) in [4.78, 5) is 12.0. The van der Waals surface area contributed by atoms with Gasteiger partial charge in [0.1, 0.15) is 0 Å². The number of hydrogen-bond acceptors (Lipinski definition) is 3. The Morgan fingerprint density at radius 3 is 2.75 bits per heavy atom. The minimum Gasteiger partial charge on any atom is -0.504 e. The summed E-state index contributed by atoms with van der Waals surface area (Å²) in [7, 11) is 1.48. The zero-order valence-electron chi connectivity index (χ0n) is 11.5. The van der Waals surface area contributed by atoms with E-state index in [0.717, 1.165) is 16.8 Å². The van der Waals surface area contributed by atoms with E-state index in [1.165, 1.54) is 13.2 Å². The first kappa shape index (κ1) is 13.9. The molecule has 0 heterocycles. The molecule has 2 N–H and O–H groups in total. The van der Waals surface area contributed by atoms with Crippen molar-refractivity contribution in [3.8, 4) is 11.5 Å². The Kier molecular flexibility index (Phi) is 4.25. The first-order chi connectivity index (χ1) is 9.58. The third kappa shape index (κ3) is 3.51. The highest BCUT2D eigenvalue weighted by atomic mass is 16.5. The molecule has 0 aliphatic heterocycles. The lowest BCUT2D eigenvalue weighted by Crippen LogP contribution is -2.14. The van der Waals surface area contributed by atoms with Gasteiger partial charge in [-0.2, -0.15) is 0 Å². The molecule has 0 aromatic heterocycles. The van der Waals surface area contributed by atoms with Crippen LogP contribution in [0.15, 0.2) is 42.5 Å². The highest BCUT2D eigenvalue weighted by Gasteiger charge is 2.07. The Bertz CT molecular complexity index is 623. The number of carbonyl (C=O) groups excluding carboxylic acids is 1. The molecule has 0 saturated carbocycles. The number of phenolic OH excluding ortho intramolecular Hbond substituents is 1. The Morgan fingerprint density at radius 1 is 1.25 bits per heavy atom. The van der Waals surface area contributed by atoms with Crippen molar-refractivity contribution in [1.29, 1.82) is 0 Å². The molecule has 104 valence electrons. The highest BCUT2D eigenvalue weighted by molar-refractivity contribution is 5.92. The maximum atomic E-state index is 12.0. The molecule has 0 bridgehead atoms. The number of phenols is 1. The van der Waals surface area contributed by atoms with Crippen LogP contribution in [0.1, 0.15) is 11.1 Å². The number of nitrogens with one attached hydrogen (secondary N) is 1. The number of aryl methyl sites for hydroxylation is 1. The van der Waals surface area contributed by atoms with Gasteiger partial charge in [0.2, 0.25) is 5.91 Å². The highest BCUT2D eigenvalue weighted by Crippen LogP contribution is 2.26. The zero-order chi connectivity index (χ0) is 14.5. The number of carbonyl (C=O) groups is 1. The Hall–Kier alpha value is -2.49. The van der Waals surface area contributed by atoms with Gasteiger partial charge in [-0.15, -0.1) is 0 Å². The van der Waals surface area contributed by atoms with E-state index >= 15 is 0 Å². The van der Waals surface area contributed by atoms with Gasteiger partial charge in [0.15, 0.2) is 11.5 Å². The van der Waals surface area contributed by atoms with Gasteiger partial charge in [-0.25, -0.2) is 0 Å². The smallest absolute Gasteiger partial charge is 0.228 e. The van der Waals surface area contributed by atoms with Crippen molar-refractivity contribution in [1.82, 2.24) is 0 Å². The maximum Gasteiger partial charge on any atom is 0.228 e. The standard InChI is InChI=1S/C16H17NO3/c1-11-4-3-5-13(8-11)17-16(19)10-12-6-7-14(18)15(9-12)20-2/h3-9,18H,10H2,1-2H3,(H,17,19). The lowest BCUT2D eigenvalue weighted by Gasteiger charge is -2.08. The average Bonchev–Trinajstić information content (AvgIpc) is 2.41. The molecule has 2 aromatic carbocycles. The fourth-order valence-electron chi connectivity index (χ4n) is 1.95. The summed E-state index contributed by atoms with van der Waals surface area (Å²) in [6.07, 6.45) is 0.227. The summed E-state index contributed by atoms with van der Waals surface area (Å²) in [5.74, 6) is 0.324. The predicted octanol–water partition coefficient (Wildman–Crippen LogP) is 2.89. The number of hydrogen-bond donors (Lipinski definition) is 2. The van der Waals surface area contributed by atoms with Crippen molar-refractivity contribution in [3.63, 3.8) is 0 Å². The van der Waals surface area contributed by atoms with Crippen LogP contribution in [0.4, 0.5) is 5.69 Å².